The second-order valence-corrected chi connectivity index (χ2v) is 11.9. The van der Waals surface area contributed by atoms with Gasteiger partial charge in [0.1, 0.15) is 0 Å². The first-order valence-corrected chi connectivity index (χ1v) is 13.6. The molecule has 0 aromatic heterocycles. The van der Waals surface area contributed by atoms with E-state index in [2.05, 4.69) is 5.32 Å². The summed E-state index contributed by atoms with van der Waals surface area (Å²) >= 11 is 5.89. The van der Waals surface area contributed by atoms with Crippen LogP contribution in [0.1, 0.15) is 38.2 Å². The normalized spacial score (nSPS) is 21.4. The van der Waals surface area contributed by atoms with Crippen molar-refractivity contribution in [3.05, 3.63) is 53.1 Å². The fourth-order valence-electron chi connectivity index (χ4n) is 4.92. The van der Waals surface area contributed by atoms with Crippen molar-refractivity contribution < 1.29 is 18.0 Å². The van der Waals surface area contributed by atoms with Crippen LogP contribution in [0.2, 0.25) is 5.02 Å². The number of nitrogens with zero attached hydrogens (tertiary/aromatic N) is 2. The van der Waals surface area contributed by atoms with Crippen LogP contribution in [0.25, 0.3) is 0 Å². The van der Waals surface area contributed by atoms with E-state index in [1.165, 1.54) is 4.31 Å². The number of anilines is 2. The Balaban J connectivity index is 1.24. The summed E-state index contributed by atoms with van der Waals surface area (Å²) in [6, 6.07) is 12.1. The Labute approximate surface area is 205 Å². The molecule has 2 aliphatic heterocycles. The summed E-state index contributed by atoms with van der Waals surface area (Å²) in [5, 5.41) is 3.48. The Morgan fingerprint density at radius 1 is 0.971 bits per heavy atom. The van der Waals surface area contributed by atoms with Crippen molar-refractivity contribution in [2.24, 2.45) is 11.8 Å². The van der Waals surface area contributed by atoms with Gasteiger partial charge in [-0.2, -0.15) is 4.31 Å². The number of hydrogen-bond donors (Lipinski definition) is 1. The molecule has 1 atom stereocenters. The van der Waals surface area contributed by atoms with E-state index in [-0.39, 0.29) is 34.6 Å². The fraction of sp³-hybridized carbons (Fsp3) is 0.440. The summed E-state index contributed by atoms with van der Waals surface area (Å²) in [6.45, 7) is 2.59. The predicted octanol–water partition coefficient (Wildman–Crippen LogP) is 4.07. The number of rotatable bonds is 5. The van der Waals surface area contributed by atoms with Crippen LogP contribution in [-0.2, 0) is 26.0 Å². The lowest BCUT2D eigenvalue weighted by atomic mass is 9.97. The Morgan fingerprint density at radius 2 is 1.65 bits per heavy atom. The first kappa shape index (κ1) is 23.3. The van der Waals surface area contributed by atoms with Gasteiger partial charge in [0.05, 0.1) is 4.90 Å². The highest BCUT2D eigenvalue weighted by molar-refractivity contribution is 7.89. The predicted molar refractivity (Wildman–Crippen MR) is 131 cm³/mol. The van der Waals surface area contributed by atoms with Gasteiger partial charge in [-0.15, -0.1) is 0 Å². The molecule has 2 fully saturated rings. The van der Waals surface area contributed by atoms with Gasteiger partial charge >= 0.3 is 0 Å². The molecule has 3 aliphatic rings. The lowest BCUT2D eigenvalue weighted by Gasteiger charge is -2.30. The quantitative estimate of drug-likeness (QED) is 0.669. The smallest absolute Gasteiger partial charge is 0.243 e. The van der Waals surface area contributed by atoms with E-state index in [0.29, 0.717) is 43.1 Å². The van der Waals surface area contributed by atoms with Crippen LogP contribution in [0.3, 0.4) is 0 Å². The van der Waals surface area contributed by atoms with E-state index < -0.39 is 10.0 Å². The Morgan fingerprint density at radius 3 is 2.29 bits per heavy atom. The molecule has 0 unspecified atom stereocenters. The average Bonchev–Trinajstić information content (AvgIpc) is 3.62. The minimum atomic E-state index is -3.67. The van der Waals surface area contributed by atoms with Crippen molar-refractivity contribution in [3.63, 3.8) is 0 Å². The zero-order valence-corrected chi connectivity index (χ0v) is 20.6. The standard InChI is InChI=1S/C25H28ClN3O4S/c1-16-14-19-15-22(8-9-23(19)29(16)25(31)18-2-3-18)34(32,33)28-12-10-17(11-13-28)24(30)27-21-6-4-20(26)5-7-21/h4-9,15-18H,2-3,10-14H2,1H3,(H,27,30)/t16-/m1/s1. The third-order valence-electron chi connectivity index (χ3n) is 7.00. The van der Waals surface area contributed by atoms with E-state index in [1.54, 1.807) is 42.5 Å². The molecule has 2 aromatic rings. The minimum Gasteiger partial charge on any atom is -0.326 e. The van der Waals surface area contributed by atoms with Gasteiger partial charge in [-0.05, 0) is 87.1 Å². The van der Waals surface area contributed by atoms with Gasteiger partial charge in [0, 0.05) is 47.4 Å². The third-order valence-corrected chi connectivity index (χ3v) is 9.15. The summed E-state index contributed by atoms with van der Waals surface area (Å²) in [7, 11) is -3.67. The van der Waals surface area contributed by atoms with E-state index in [1.807, 2.05) is 11.8 Å². The van der Waals surface area contributed by atoms with Crippen LogP contribution in [0.15, 0.2) is 47.4 Å². The number of benzene rings is 2. The molecular formula is C25H28ClN3O4S. The van der Waals surface area contributed by atoms with Crippen LogP contribution >= 0.6 is 11.6 Å². The van der Waals surface area contributed by atoms with Gasteiger partial charge in [-0.1, -0.05) is 11.6 Å². The molecular weight excluding hydrogens is 474 g/mol. The van der Waals surface area contributed by atoms with E-state index in [4.69, 9.17) is 11.6 Å². The molecule has 2 amide bonds. The van der Waals surface area contributed by atoms with Crippen molar-refractivity contribution in [3.8, 4) is 0 Å². The average molecular weight is 502 g/mol. The number of hydrogen-bond acceptors (Lipinski definition) is 4. The van der Waals surface area contributed by atoms with Gasteiger partial charge in [0.15, 0.2) is 0 Å². The number of amides is 2. The number of halogens is 1. The van der Waals surface area contributed by atoms with Crippen molar-refractivity contribution in [1.29, 1.82) is 0 Å². The maximum absolute atomic E-state index is 13.3. The molecule has 9 heteroatoms. The summed E-state index contributed by atoms with van der Waals surface area (Å²) in [5.41, 5.74) is 2.41. The monoisotopic (exact) mass is 501 g/mol. The van der Waals surface area contributed by atoms with E-state index in [0.717, 1.165) is 24.1 Å². The third kappa shape index (κ3) is 4.46. The molecule has 1 aliphatic carbocycles. The van der Waals surface area contributed by atoms with Crippen LogP contribution < -0.4 is 10.2 Å². The first-order valence-electron chi connectivity index (χ1n) is 11.8. The van der Waals surface area contributed by atoms with E-state index >= 15 is 0 Å². The van der Waals surface area contributed by atoms with Gasteiger partial charge in [0.25, 0.3) is 0 Å². The van der Waals surface area contributed by atoms with Gasteiger partial charge in [-0.3, -0.25) is 9.59 Å². The minimum absolute atomic E-state index is 0.0379. The Kier molecular flexibility index (Phi) is 6.16. The van der Waals surface area contributed by atoms with Crippen LogP contribution in [0.5, 0.6) is 0 Å². The van der Waals surface area contributed by atoms with Crippen molar-refractivity contribution in [2.45, 2.75) is 50.0 Å². The second kappa shape index (κ2) is 8.98. The summed E-state index contributed by atoms with van der Waals surface area (Å²) in [5.74, 6) is -0.0768. The van der Waals surface area contributed by atoms with Gasteiger partial charge in [-0.25, -0.2) is 8.42 Å². The molecule has 0 bridgehead atoms. The van der Waals surface area contributed by atoms with Gasteiger partial charge < -0.3 is 10.2 Å². The molecule has 5 rings (SSSR count). The molecule has 2 heterocycles. The number of carbonyl (C=O) groups is 2. The second-order valence-electron chi connectivity index (χ2n) is 9.50. The number of nitrogens with one attached hydrogen (secondary N) is 1. The van der Waals surface area contributed by atoms with Crippen LogP contribution in [-0.4, -0.2) is 43.7 Å². The maximum Gasteiger partial charge on any atom is 0.243 e. The Bertz CT molecular complexity index is 1220. The molecule has 0 radical (unpaired) electrons. The summed E-state index contributed by atoms with van der Waals surface area (Å²) in [6.07, 6.45) is 3.47. The molecule has 34 heavy (non-hydrogen) atoms. The molecule has 7 nitrogen and oxygen atoms in total. The number of fused-ring (bicyclic) bond motifs is 1. The van der Waals surface area contributed by atoms with Crippen LogP contribution in [0, 0.1) is 11.8 Å². The molecule has 1 saturated carbocycles. The zero-order valence-electron chi connectivity index (χ0n) is 19.0. The van der Waals surface area contributed by atoms with Crippen molar-refractivity contribution in [1.82, 2.24) is 4.31 Å². The highest BCUT2D eigenvalue weighted by atomic mass is 35.5. The Hall–Kier alpha value is -2.42. The van der Waals surface area contributed by atoms with E-state index in [9.17, 15) is 18.0 Å². The molecule has 180 valence electrons. The number of sulfonamides is 1. The SMILES string of the molecule is C[C@@H]1Cc2cc(S(=O)(=O)N3CCC(C(=O)Nc4ccc(Cl)cc4)CC3)ccc2N1C(=O)C1CC1. The molecule has 0 spiro atoms. The molecule has 2 aromatic carbocycles. The summed E-state index contributed by atoms with van der Waals surface area (Å²) in [4.78, 5) is 27.4. The largest absolute Gasteiger partial charge is 0.326 e. The van der Waals surface area contributed by atoms with Crippen molar-refractivity contribution >= 4 is 44.8 Å². The zero-order chi connectivity index (χ0) is 24.0. The fourth-order valence-corrected chi connectivity index (χ4v) is 6.56. The highest BCUT2D eigenvalue weighted by Crippen LogP contribution is 2.40. The van der Waals surface area contributed by atoms with Crippen molar-refractivity contribution in [2.75, 3.05) is 23.3 Å². The lowest BCUT2D eigenvalue weighted by molar-refractivity contribution is -0.121. The first-order chi connectivity index (χ1) is 16.2. The van der Waals surface area contributed by atoms with Gasteiger partial charge in [0.2, 0.25) is 21.8 Å². The molecule has 1 N–H and O–H groups in total. The topological polar surface area (TPSA) is 86.8 Å². The number of piperidine rings is 1. The lowest BCUT2D eigenvalue weighted by Crippen LogP contribution is -2.41. The summed E-state index contributed by atoms with van der Waals surface area (Å²) < 4.78 is 28.1. The highest BCUT2D eigenvalue weighted by Gasteiger charge is 2.40. The maximum atomic E-state index is 13.3. The number of carbonyl (C=O) groups excluding carboxylic acids is 2. The molecule has 1 saturated heterocycles. The van der Waals surface area contributed by atoms with Crippen LogP contribution in [0.4, 0.5) is 11.4 Å².